The SMILES string of the molecule is CC(C)N1CC[C@@H]([C@](C#N)(c2ccccc2)C(C)C)C1. The van der Waals surface area contributed by atoms with Crippen LogP contribution in [-0.4, -0.2) is 24.0 Å². The largest absolute Gasteiger partial charge is 0.301 e. The third kappa shape index (κ3) is 2.47. The Morgan fingerprint density at radius 3 is 2.30 bits per heavy atom. The highest BCUT2D eigenvalue weighted by molar-refractivity contribution is 5.35. The van der Waals surface area contributed by atoms with Crippen LogP contribution in [0.25, 0.3) is 0 Å². The molecule has 20 heavy (non-hydrogen) atoms. The average Bonchev–Trinajstić information content (AvgIpc) is 2.91. The summed E-state index contributed by atoms with van der Waals surface area (Å²) in [7, 11) is 0. The predicted molar refractivity (Wildman–Crippen MR) is 83.4 cm³/mol. The summed E-state index contributed by atoms with van der Waals surface area (Å²) in [6.45, 7) is 11.0. The van der Waals surface area contributed by atoms with Crippen LogP contribution in [0.2, 0.25) is 0 Å². The molecule has 0 spiro atoms. The van der Waals surface area contributed by atoms with E-state index in [0.29, 0.717) is 17.9 Å². The molecule has 0 N–H and O–H groups in total. The van der Waals surface area contributed by atoms with Crippen LogP contribution >= 0.6 is 0 Å². The number of hydrogen-bond acceptors (Lipinski definition) is 2. The van der Waals surface area contributed by atoms with Gasteiger partial charge in [0.25, 0.3) is 0 Å². The second-order valence-corrected chi connectivity index (χ2v) is 6.58. The monoisotopic (exact) mass is 270 g/mol. The van der Waals surface area contributed by atoms with E-state index in [1.807, 2.05) is 6.07 Å². The first-order valence-corrected chi connectivity index (χ1v) is 7.73. The maximum atomic E-state index is 10.0. The molecule has 1 aromatic rings. The second kappa shape index (κ2) is 5.97. The van der Waals surface area contributed by atoms with Gasteiger partial charge in [0.05, 0.1) is 11.5 Å². The number of nitriles is 1. The van der Waals surface area contributed by atoms with Crippen molar-refractivity contribution in [2.75, 3.05) is 13.1 Å². The maximum absolute atomic E-state index is 10.0. The van der Waals surface area contributed by atoms with Crippen molar-refractivity contribution in [3.8, 4) is 6.07 Å². The minimum atomic E-state index is -0.356. The van der Waals surface area contributed by atoms with E-state index >= 15 is 0 Å². The Hall–Kier alpha value is -1.33. The molecule has 1 saturated heterocycles. The molecule has 1 aromatic carbocycles. The van der Waals surface area contributed by atoms with E-state index in [1.165, 1.54) is 5.56 Å². The lowest BCUT2D eigenvalue weighted by molar-refractivity contribution is 0.221. The molecule has 2 rings (SSSR count). The molecule has 0 aromatic heterocycles. The van der Waals surface area contributed by atoms with Crippen molar-refractivity contribution in [2.45, 2.75) is 45.6 Å². The number of likely N-dealkylation sites (tertiary alicyclic amines) is 1. The number of hydrogen-bond donors (Lipinski definition) is 0. The smallest absolute Gasteiger partial charge is 0.0885 e. The molecule has 0 unspecified atom stereocenters. The lowest BCUT2D eigenvalue weighted by atomic mass is 9.64. The van der Waals surface area contributed by atoms with Gasteiger partial charge in [0.1, 0.15) is 0 Å². The third-order valence-electron chi connectivity index (χ3n) is 4.94. The standard InChI is InChI=1S/C18H26N2/c1-14(2)18(13-19,16-8-6-5-7-9-16)17-10-11-20(12-17)15(3)4/h5-9,14-15,17H,10-12H2,1-4H3/t17-,18+/m1/s1. The molecule has 108 valence electrons. The molecule has 1 aliphatic heterocycles. The highest BCUT2D eigenvalue weighted by Gasteiger charge is 2.46. The highest BCUT2D eigenvalue weighted by atomic mass is 15.2. The van der Waals surface area contributed by atoms with Gasteiger partial charge in [0, 0.05) is 12.6 Å². The van der Waals surface area contributed by atoms with Gasteiger partial charge in [-0.25, -0.2) is 0 Å². The van der Waals surface area contributed by atoms with Gasteiger partial charge in [-0.15, -0.1) is 0 Å². The summed E-state index contributed by atoms with van der Waals surface area (Å²) in [5, 5.41) is 10.0. The summed E-state index contributed by atoms with van der Waals surface area (Å²) >= 11 is 0. The predicted octanol–water partition coefficient (Wildman–Crippen LogP) is 3.83. The van der Waals surface area contributed by atoms with Crippen LogP contribution in [0.4, 0.5) is 0 Å². The summed E-state index contributed by atoms with van der Waals surface area (Å²) in [6, 6.07) is 13.7. The van der Waals surface area contributed by atoms with E-state index < -0.39 is 0 Å². The van der Waals surface area contributed by atoms with Crippen LogP contribution in [0, 0.1) is 23.2 Å². The Morgan fingerprint density at radius 2 is 1.85 bits per heavy atom. The van der Waals surface area contributed by atoms with Gasteiger partial charge in [-0.1, -0.05) is 44.2 Å². The molecule has 0 radical (unpaired) electrons. The molecule has 0 saturated carbocycles. The number of benzene rings is 1. The second-order valence-electron chi connectivity index (χ2n) is 6.58. The number of rotatable bonds is 4. The van der Waals surface area contributed by atoms with Gasteiger partial charge < -0.3 is 4.90 Å². The molecule has 1 heterocycles. The summed E-state index contributed by atoms with van der Waals surface area (Å²) in [5.74, 6) is 0.754. The Kier molecular flexibility index (Phi) is 4.50. The Balaban J connectivity index is 2.37. The normalized spacial score (nSPS) is 22.9. The third-order valence-corrected chi connectivity index (χ3v) is 4.94. The number of nitrogens with zero attached hydrogens (tertiary/aromatic N) is 2. The van der Waals surface area contributed by atoms with Crippen LogP contribution in [0.5, 0.6) is 0 Å². The Labute approximate surface area is 123 Å². The molecule has 1 aliphatic rings. The van der Waals surface area contributed by atoms with Gasteiger partial charge in [-0.05, 0) is 44.2 Å². The zero-order valence-electron chi connectivity index (χ0n) is 13.1. The summed E-state index contributed by atoms with van der Waals surface area (Å²) in [6.07, 6.45) is 1.12. The van der Waals surface area contributed by atoms with Crippen molar-refractivity contribution >= 4 is 0 Å². The van der Waals surface area contributed by atoms with Crippen LogP contribution in [-0.2, 0) is 5.41 Å². The van der Waals surface area contributed by atoms with Crippen molar-refractivity contribution in [3.63, 3.8) is 0 Å². The fourth-order valence-electron chi connectivity index (χ4n) is 3.67. The summed E-state index contributed by atoms with van der Waals surface area (Å²) < 4.78 is 0. The minimum absolute atomic E-state index is 0.326. The summed E-state index contributed by atoms with van der Waals surface area (Å²) in [4.78, 5) is 2.50. The van der Waals surface area contributed by atoms with Crippen molar-refractivity contribution in [2.24, 2.45) is 11.8 Å². The van der Waals surface area contributed by atoms with E-state index in [-0.39, 0.29) is 5.41 Å². The first-order valence-electron chi connectivity index (χ1n) is 7.73. The first-order chi connectivity index (χ1) is 9.52. The van der Waals surface area contributed by atoms with Gasteiger partial charge in [0.15, 0.2) is 0 Å². The average molecular weight is 270 g/mol. The Morgan fingerprint density at radius 1 is 1.20 bits per heavy atom. The zero-order valence-corrected chi connectivity index (χ0v) is 13.1. The van der Waals surface area contributed by atoms with Gasteiger partial charge in [-0.2, -0.15) is 5.26 Å². The lowest BCUT2D eigenvalue weighted by Crippen LogP contribution is -2.41. The van der Waals surface area contributed by atoms with E-state index in [1.54, 1.807) is 0 Å². The van der Waals surface area contributed by atoms with Crippen molar-refractivity contribution < 1.29 is 0 Å². The van der Waals surface area contributed by atoms with Gasteiger partial charge in [-0.3, -0.25) is 0 Å². The summed E-state index contributed by atoms with van der Waals surface area (Å²) in [5.41, 5.74) is 0.832. The highest BCUT2D eigenvalue weighted by Crippen LogP contribution is 2.43. The van der Waals surface area contributed by atoms with E-state index in [4.69, 9.17) is 0 Å². The maximum Gasteiger partial charge on any atom is 0.0885 e. The molecule has 0 amide bonds. The van der Waals surface area contributed by atoms with Crippen LogP contribution in [0.3, 0.4) is 0 Å². The molecular weight excluding hydrogens is 244 g/mol. The van der Waals surface area contributed by atoms with Crippen molar-refractivity contribution in [1.29, 1.82) is 5.26 Å². The topological polar surface area (TPSA) is 27.0 Å². The van der Waals surface area contributed by atoms with Crippen molar-refractivity contribution in [3.05, 3.63) is 35.9 Å². The van der Waals surface area contributed by atoms with Crippen LogP contribution < -0.4 is 0 Å². The lowest BCUT2D eigenvalue weighted by Gasteiger charge is -2.37. The Bertz CT molecular complexity index is 472. The van der Waals surface area contributed by atoms with Crippen LogP contribution in [0.15, 0.2) is 30.3 Å². The van der Waals surface area contributed by atoms with E-state index in [0.717, 1.165) is 19.5 Å². The van der Waals surface area contributed by atoms with Gasteiger partial charge >= 0.3 is 0 Å². The molecule has 2 nitrogen and oxygen atoms in total. The molecular formula is C18H26N2. The minimum Gasteiger partial charge on any atom is -0.301 e. The molecule has 2 atom stereocenters. The van der Waals surface area contributed by atoms with Crippen molar-refractivity contribution in [1.82, 2.24) is 4.90 Å². The van der Waals surface area contributed by atoms with Gasteiger partial charge in [0.2, 0.25) is 0 Å². The molecule has 1 fully saturated rings. The quantitative estimate of drug-likeness (QED) is 0.831. The fraction of sp³-hybridized carbons (Fsp3) is 0.611. The first kappa shape index (κ1) is 15.1. The fourth-order valence-corrected chi connectivity index (χ4v) is 3.67. The molecule has 0 aliphatic carbocycles. The zero-order chi connectivity index (χ0) is 14.8. The van der Waals surface area contributed by atoms with Crippen LogP contribution in [0.1, 0.15) is 39.7 Å². The van der Waals surface area contributed by atoms with E-state index in [2.05, 4.69) is 62.9 Å². The molecule has 0 bridgehead atoms. The van der Waals surface area contributed by atoms with E-state index in [9.17, 15) is 5.26 Å². The molecule has 2 heteroatoms.